The van der Waals surface area contributed by atoms with Crippen molar-refractivity contribution in [1.82, 2.24) is 15.0 Å². The van der Waals surface area contributed by atoms with Crippen molar-refractivity contribution in [2.45, 2.75) is 5.41 Å². The SMILES string of the molecule is N#Cc1cccc2c1-c1ccc(-c3ccc(-c4nc(-c5ccccc5)nc(-c5ccc(-c6ccccc6)cc5)n4)cc3)cc1C21c2ccccc2-c2ccccc21. The number of rotatable bonds is 5. The van der Waals surface area contributed by atoms with Crippen LogP contribution in [0.1, 0.15) is 27.8 Å². The molecule has 1 aromatic heterocycles. The van der Waals surface area contributed by atoms with E-state index in [4.69, 9.17) is 15.0 Å². The van der Waals surface area contributed by atoms with Crippen molar-refractivity contribution in [1.29, 1.82) is 5.26 Å². The molecule has 0 bridgehead atoms. The number of fused-ring (bicyclic) bond motifs is 10. The molecular formula is C53H32N4. The Balaban J connectivity index is 1.02. The summed E-state index contributed by atoms with van der Waals surface area (Å²) in [5, 5.41) is 10.4. The summed E-state index contributed by atoms with van der Waals surface area (Å²) in [5.41, 5.74) is 16.9. The van der Waals surface area contributed by atoms with Crippen molar-refractivity contribution >= 4 is 0 Å². The first-order chi connectivity index (χ1) is 28.2. The number of benzene rings is 8. The van der Waals surface area contributed by atoms with Gasteiger partial charge in [0.1, 0.15) is 0 Å². The third-order valence-electron chi connectivity index (χ3n) is 11.6. The highest BCUT2D eigenvalue weighted by Gasteiger charge is 2.52. The van der Waals surface area contributed by atoms with Gasteiger partial charge in [-0.15, -0.1) is 0 Å². The molecule has 0 aliphatic heterocycles. The number of aromatic nitrogens is 3. The maximum absolute atomic E-state index is 10.4. The van der Waals surface area contributed by atoms with Crippen LogP contribution in [-0.4, -0.2) is 15.0 Å². The topological polar surface area (TPSA) is 62.5 Å². The Morgan fingerprint density at radius 3 is 1.32 bits per heavy atom. The molecule has 2 aliphatic rings. The van der Waals surface area contributed by atoms with Crippen LogP contribution in [0.25, 0.3) is 78.7 Å². The Morgan fingerprint density at radius 1 is 0.333 bits per heavy atom. The summed E-state index contributed by atoms with van der Waals surface area (Å²) in [6.45, 7) is 0. The fraction of sp³-hybridized carbons (Fsp3) is 0.0189. The first kappa shape index (κ1) is 32.7. The van der Waals surface area contributed by atoms with Crippen LogP contribution < -0.4 is 0 Å². The molecular weight excluding hydrogens is 693 g/mol. The minimum absolute atomic E-state index is 0.533. The molecule has 0 amide bonds. The summed E-state index contributed by atoms with van der Waals surface area (Å²) in [6.07, 6.45) is 0. The van der Waals surface area contributed by atoms with E-state index >= 15 is 0 Å². The second kappa shape index (κ2) is 12.9. The molecule has 11 rings (SSSR count). The Kier molecular flexibility index (Phi) is 7.42. The lowest BCUT2D eigenvalue weighted by molar-refractivity contribution is 0.794. The minimum Gasteiger partial charge on any atom is -0.208 e. The van der Waals surface area contributed by atoms with Crippen LogP contribution in [0.2, 0.25) is 0 Å². The molecule has 0 unspecified atom stereocenters. The van der Waals surface area contributed by atoms with Gasteiger partial charge in [0.05, 0.1) is 17.0 Å². The zero-order chi connectivity index (χ0) is 37.9. The average Bonchev–Trinajstić information content (AvgIpc) is 3.77. The van der Waals surface area contributed by atoms with Crippen molar-refractivity contribution in [3.8, 4) is 84.7 Å². The maximum Gasteiger partial charge on any atom is 0.164 e. The zero-order valence-electron chi connectivity index (χ0n) is 30.8. The van der Waals surface area contributed by atoms with Gasteiger partial charge in [-0.2, -0.15) is 5.26 Å². The van der Waals surface area contributed by atoms with E-state index in [1.165, 1.54) is 33.4 Å². The van der Waals surface area contributed by atoms with E-state index < -0.39 is 5.41 Å². The van der Waals surface area contributed by atoms with Crippen molar-refractivity contribution < 1.29 is 0 Å². The standard InChI is InChI=1S/C53H32N4/c54-33-41-16-11-21-47-49(41)44-31-30-40(32-48(44)53(47)45-19-9-7-17-42(45)43-18-8-10-20-46(43)53)36-24-28-39(29-25-36)52-56-50(37-14-5-2-6-15-37)55-51(57-52)38-26-22-35(23-27-38)34-12-3-1-4-13-34/h1-32H. The summed E-state index contributed by atoms with van der Waals surface area (Å²) >= 11 is 0. The van der Waals surface area contributed by atoms with Gasteiger partial charge < -0.3 is 0 Å². The number of nitrogens with zero attached hydrogens (tertiary/aromatic N) is 4. The normalized spacial score (nSPS) is 12.7. The van der Waals surface area contributed by atoms with E-state index in [-0.39, 0.29) is 0 Å². The summed E-state index contributed by atoms with van der Waals surface area (Å²) in [7, 11) is 0. The van der Waals surface area contributed by atoms with Crippen molar-refractivity contribution in [3.63, 3.8) is 0 Å². The van der Waals surface area contributed by atoms with Crippen LogP contribution in [0.4, 0.5) is 0 Å². The summed E-state index contributed by atoms with van der Waals surface area (Å²) in [6, 6.07) is 70.3. The van der Waals surface area contributed by atoms with Gasteiger partial charge in [-0.05, 0) is 73.3 Å². The molecule has 57 heavy (non-hydrogen) atoms. The molecule has 264 valence electrons. The van der Waals surface area contributed by atoms with Gasteiger partial charge in [-0.25, -0.2) is 15.0 Å². The molecule has 9 aromatic rings. The van der Waals surface area contributed by atoms with Crippen LogP contribution in [-0.2, 0) is 5.41 Å². The van der Waals surface area contributed by atoms with E-state index in [1.807, 2.05) is 48.5 Å². The van der Waals surface area contributed by atoms with Crippen LogP contribution in [0, 0.1) is 11.3 Å². The van der Waals surface area contributed by atoms with E-state index in [0.717, 1.165) is 50.1 Å². The average molecular weight is 725 g/mol. The second-order valence-corrected chi connectivity index (χ2v) is 14.6. The molecule has 1 heterocycles. The molecule has 0 fully saturated rings. The predicted molar refractivity (Wildman–Crippen MR) is 228 cm³/mol. The fourth-order valence-electron chi connectivity index (χ4n) is 9.07. The smallest absolute Gasteiger partial charge is 0.164 e. The largest absolute Gasteiger partial charge is 0.208 e. The van der Waals surface area contributed by atoms with Gasteiger partial charge in [-0.1, -0.05) is 182 Å². The molecule has 8 aromatic carbocycles. The molecule has 0 saturated carbocycles. The van der Waals surface area contributed by atoms with Gasteiger partial charge in [0.2, 0.25) is 0 Å². The Morgan fingerprint density at radius 2 is 0.754 bits per heavy atom. The molecule has 4 heteroatoms. The quantitative estimate of drug-likeness (QED) is 0.177. The third kappa shape index (κ3) is 5.03. The third-order valence-corrected chi connectivity index (χ3v) is 11.6. The lowest BCUT2D eigenvalue weighted by Gasteiger charge is -2.30. The van der Waals surface area contributed by atoms with Crippen LogP contribution >= 0.6 is 0 Å². The Bertz CT molecular complexity index is 3010. The Labute approximate surface area is 331 Å². The van der Waals surface area contributed by atoms with Gasteiger partial charge in [-0.3, -0.25) is 0 Å². The van der Waals surface area contributed by atoms with Crippen molar-refractivity contribution in [2.75, 3.05) is 0 Å². The molecule has 0 atom stereocenters. The number of nitriles is 1. The highest BCUT2D eigenvalue weighted by atomic mass is 15.0. The van der Waals surface area contributed by atoms with Gasteiger partial charge in [0.15, 0.2) is 17.5 Å². The van der Waals surface area contributed by atoms with E-state index in [9.17, 15) is 5.26 Å². The first-order valence-electron chi connectivity index (χ1n) is 19.2. The number of hydrogen-bond acceptors (Lipinski definition) is 4. The highest BCUT2D eigenvalue weighted by molar-refractivity contribution is 5.97. The lowest BCUT2D eigenvalue weighted by atomic mass is 9.70. The van der Waals surface area contributed by atoms with Crippen LogP contribution in [0.15, 0.2) is 194 Å². The predicted octanol–water partition coefficient (Wildman–Crippen LogP) is 12.4. The van der Waals surface area contributed by atoms with Gasteiger partial charge >= 0.3 is 0 Å². The van der Waals surface area contributed by atoms with Gasteiger partial charge in [0.25, 0.3) is 0 Å². The minimum atomic E-state index is -0.533. The molecule has 1 spiro atoms. The molecule has 2 aliphatic carbocycles. The molecule has 0 saturated heterocycles. The molecule has 0 N–H and O–H groups in total. The summed E-state index contributed by atoms with van der Waals surface area (Å²) < 4.78 is 0. The van der Waals surface area contributed by atoms with Crippen LogP contribution in [0.5, 0.6) is 0 Å². The number of hydrogen-bond donors (Lipinski definition) is 0. The van der Waals surface area contributed by atoms with Gasteiger partial charge in [0, 0.05) is 22.3 Å². The molecule has 4 nitrogen and oxygen atoms in total. The maximum atomic E-state index is 10.4. The van der Waals surface area contributed by atoms with Crippen LogP contribution in [0.3, 0.4) is 0 Å². The van der Waals surface area contributed by atoms with Crippen molar-refractivity contribution in [2.24, 2.45) is 0 Å². The van der Waals surface area contributed by atoms with E-state index in [1.54, 1.807) is 0 Å². The first-order valence-corrected chi connectivity index (χ1v) is 19.2. The van der Waals surface area contributed by atoms with Crippen molar-refractivity contribution in [3.05, 3.63) is 222 Å². The zero-order valence-corrected chi connectivity index (χ0v) is 30.8. The monoisotopic (exact) mass is 724 g/mol. The lowest BCUT2D eigenvalue weighted by Crippen LogP contribution is -2.25. The van der Waals surface area contributed by atoms with E-state index in [2.05, 4.69) is 152 Å². The molecule has 0 radical (unpaired) electrons. The summed E-state index contributed by atoms with van der Waals surface area (Å²) in [4.78, 5) is 15.0. The summed E-state index contributed by atoms with van der Waals surface area (Å²) in [5.74, 6) is 1.87. The second-order valence-electron chi connectivity index (χ2n) is 14.6. The highest BCUT2D eigenvalue weighted by Crippen LogP contribution is 2.63. The van der Waals surface area contributed by atoms with E-state index in [0.29, 0.717) is 23.0 Å². The Hall–Kier alpha value is -7.74. The fourth-order valence-corrected chi connectivity index (χ4v) is 9.07.